The Labute approximate surface area is 123 Å². The maximum Gasteiger partial charge on any atom is 0.181 e. The lowest BCUT2D eigenvalue weighted by atomic mass is 9.95. The number of allylic oxidation sites excluding steroid dienone is 2. The van der Waals surface area contributed by atoms with E-state index in [1.165, 1.54) is 6.08 Å². The average Bonchev–Trinajstić information content (AvgIpc) is 2.44. The van der Waals surface area contributed by atoms with Gasteiger partial charge in [0.2, 0.25) is 0 Å². The number of hydrogen-bond donors (Lipinski definition) is 2. The third-order valence-corrected chi connectivity index (χ3v) is 3.01. The second-order valence-electron chi connectivity index (χ2n) is 4.80. The number of ketones is 1. The van der Waals surface area contributed by atoms with Crippen LogP contribution in [0.1, 0.15) is 18.1 Å². The molecule has 0 aliphatic heterocycles. The van der Waals surface area contributed by atoms with Gasteiger partial charge < -0.3 is 10.2 Å². The smallest absolute Gasteiger partial charge is 0.181 e. The highest BCUT2D eigenvalue weighted by Gasteiger charge is 2.10. The van der Waals surface area contributed by atoms with Crippen LogP contribution in [0.2, 0.25) is 0 Å². The Morgan fingerprint density at radius 2 is 1.48 bits per heavy atom. The normalized spacial score (nSPS) is 9.95. The van der Waals surface area contributed by atoms with Crippen molar-refractivity contribution in [2.75, 3.05) is 0 Å². The van der Waals surface area contributed by atoms with Crippen LogP contribution < -0.4 is 0 Å². The summed E-state index contributed by atoms with van der Waals surface area (Å²) in [5.41, 5.74) is 2.42. The monoisotopic (exact) mass is 280 g/mol. The molecule has 0 unspecified atom stereocenters. The molecule has 21 heavy (non-hydrogen) atoms. The number of phenolic OH excluding ortho intramolecular Hbond substituents is 2. The Kier molecular flexibility index (Phi) is 4.24. The Bertz CT molecular complexity index is 679. The Morgan fingerprint density at radius 1 is 1.00 bits per heavy atom. The first-order valence-electron chi connectivity index (χ1n) is 6.47. The molecule has 0 radical (unpaired) electrons. The summed E-state index contributed by atoms with van der Waals surface area (Å²) in [6, 6.07) is 13.2. The van der Waals surface area contributed by atoms with Gasteiger partial charge in [-0.3, -0.25) is 4.79 Å². The maximum absolute atomic E-state index is 12.0. The molecule has 0 saturated heterocycles. The topological polar surface area (TPSA) is 57.5 Å². The number of phenols is 2. The van der Waals surface area contributed by atoms with Gasteiger partial charge in [0.05, 0.1) is 0 Å². The van der Waals surface area contributed by atoms with E-state index in [9.17, 15) is 15.0 Å². The summed E-state index contributed by atoms with van der Waals surface area (Å²) in [5, 5.41) is 19.3. The van der Waals surface area contributed by atoms with E-state index >= 15 is 0 Å². The molecule has 2 aromatic carbocycles. The number of carbonyl (C=O) groups excluding carboxylic acids is 1. The molecular formula is C18H16O3. The van der Waals surface area contributed by atoms with Gasteiger partial charge >= 0.3 is 0 Å². The summed E-state index contributed by atoms with van der Waals surface area (Å²) in [5.74, 6) is 0.0272. The molecule has 106 valence electrons. The van der Waals surface area contributed by atoms with Crippen molar-refractivity contribution >= 4 is 11.4 Å². The van der Waals surface area contributed by atoms with E-state index in [0.717, 1.165) is 0 Å². The SMILES string of the molecule is C=C(C)C(=O)C=C(c1cccc(O)c1)c1cccc(O)c1. The highest BCUT2D eigenvalue weighted by molar-refractivity contribution is 6.09. The molecular weight excluding hydrogens is 264 g/mol. The fourth-order valence-electron chi connectivity index (χ4n) is 1.93. The zero-order chi connectivity index (χ0) is 15.4. The van der Waals surface area contributed by atoms with Gasteiger partial charge in [0.1, 0.15) is 11.5 Å². The van der Waals surface area contributed by atoms with Gasteiger partial charge in [0.15, 0.2) is 5.78 Å². The van der Waals surface area contributed by atoms with Crippen molar-refractivity contribution in [1.29, 1.82) is 0 Å². The predicted octanol–water partition coefficient (Wildman–Crippen LogP) is 3.67. The summed E-state index contributed by atoms with van der Waals surface area (Å²) in [4.78, 5) is 12.0. The Hall–Kier alpha value is -2.81. The van der Waals surface area contributed by atoms with Crippen LogP contribution in [0.4, 0.5) is 0 Å². The molecule has 2 aromatic rings. The van der Waals surface area contributed by atoms with Crippen LogP contribution in [0.3, 0.4) is 0 Å². The van der Waals surface area contributed by atoms with Gasteiger partial charge in [-0.1, -0.05) is 30.8 Å². The molecule has 0 heterocycles. The minimum Gasteiger partial charge on any atom is -0.508 e. The van der Waals surface area contributed by atoms with Crippen molar-refractivity contribution in [2.45, 2.75) is 6.92 Å². The predicted molar refractivity (Wildman–Crippen MR) is 83.1 cm³/mol. The van der Waals surface area contributed by atoms with Crippen molar-refractivity contribution in [3.8, 4) is 11.5 Å². The van der Waals surface area contributed by atoms with Crippen LogP contribution in [0.5, 0.6) is 11.5 Å². The van der Waals surface area contributed by atoms with Crippen molar-refractivity contribution < 1.29 is 15.0 Å². The molecule has 3 heteroatoms. The molecule has 0 aliphatic carbocycles. The largest absolute Gasteiger partial charge is 0.508 e. The van der Waals surface area contributed by atoms with E-state index in [2.05, 4.69) is 6.58 Å². The molecule has 2 N–H and O–H groups in total. The lowest BCUT2D eigenvalue weighted by Crippen LogP contribution is -1.97. The summed E-state index contributed by atoms with van der Waals surface area (Å²) in [6.45, 7) is 5.28. The first-order chi connectivity index (χ1) is 9.97. The van der Waals surface area contributed by atoms with Gasteiger partial charge in [-0.05, 0) is 59.5 Å². The highest BCUT2D eigenvalue weighted by Crippen LogP contribution is 2.28. The van der Waals surface area contributed by atoms with E-state index in [0.29, 0.717) is 22.3 Å². The third kappa shape index (κ3) is 3.60. The van der Waals surface area contributed by atoms with Crippen LogP contribution >= 0.6 is 0 Å². The second-order valence-corrected chi connectivity index (χ2v) is 4.80. The van der Waals surface area contributed by atoms with Crippen LogP contribution in [0.15, 0.2) is 66.8 Å². The van der Waals surface area contributed by atoms with E-state index in [1.807, 2.05) is 0 Å². The average molecular weight is 280 g/mol. The molecule has 0 aromatic heterocycles. The maximum atomic E-state index is 12.0. The molecule has 0 fully saturated rings. The Balaban J connectivity index is 2.60. The van der Waals surface area contributed by atoms with Crippen LogP contribution in [0.25, 0.3) is 5.57 Å². The van der Waals surface area contributed by atoms with E-state index in [1.54, 1.807) is 55.5 Å². The molecule has 0 saturated carbocycles. The zero-order valence-corrected chi connectivity index (χ0v) is 11.7. The Morgan fingerprint density at radius 3 is 1.86 bits per heavy atom. The van der Waals surface area contributed by atoms with E-state index in [-0.39, 0.29) is 17.3 Å². The fraction of sp³-hybridized carbons (Fsp3) is 0.0556. The molecule has 0 bridgehead atoms. The van der Waals surface area contributed by atoms with Crippen LogP contribution in [-0.2, 0) is 4.79 Å². The van der Waals surface area contributed by atoms with Crippen molar-refractivity contribution in [2.24, 2.45) is 0 Å². The molecule has 0 spiro atoms. The molecule has 0 atom stereocenters. The third-order valence-electron chi connectivity index (χ3n) is 3.01. The van der Waals surface area contributed by atoms with Gasteiger partial charge in [0, 0.05) is 0 Å². The van der Waals surface area contributed by atoms with Gasteiger partial charge in [-0.25, -0.2) is 0 Å². The first-order valence-corrected chi connectivity index (χ1v) is 6.47. The van der Waals surface area contributed by atoms with Crippen molar-refractivity contribution in [1.82, 2.24) is 0 Å². The second kappa shape index (κ2) is 6.09. The van der Waals surface area contributed by atoms with E-state index in [4.69, 9.17) is 0 Å². The minimum atomic E-state index is -0.198. The standard InChI is InChI=1S/C18H16O3/c1-12(2)18(21)11-17(13-5-3-7-15(19)9-13)14-6-4-8-16(20)10-14/h3-11,19-20H,1H2,2H3. The van der Waals surface area contributed by atoms with Crippen LogP contribution in [0, 0.1) is 0 Å². The van der Waals surface area contributed by atoms with Crippen molar-refractivity contribution in [3.05, 3.63) is 77.9 Å². The number of hydrogen-bond acceptors (Lipinski definition) is 3. The number of rotatable bonds is 4. The fourth-order valence-corrected chi connectivity index (χ4v) is 1.93. The van der Waals surface area contributed by atoms with Crippen LogP contribution in [-0.4, -0.2) is 16.0 Å². The summed E-state index contributed by atoms with van der Waals surface area (Å²) in [7, 11) is 0. The summed E-state index contributed by atoms with van der Waals surface area (Å²) >= 11 is 0. The molecule has 2 rings (SSSR count). The lowest BCUT2D eigenvalue weighted by molar-refractivity contribution is -0.111. The lowest BCUT2D eigenvalue weighted by Gasteiger charge is -2.09. The molecule has 3 nitrogen and oxygen atoms in total. The minimum absolute atomic E-state index is 0.112. The summed E-state index contributed by atoms with van der Waals surface area (Å²) in [6.07, 6.45) is 1.46. The summed E-state index contributed by atoms with van der Waals surface area (Å²) < 4.78 is 0. The quantitative estimate of drug-likeness (QED) is 0.840. The highest BCUT2D eigenvalue weighted by atomic mass is 16.3. The zero-order valence-electron chi connectivity index (χ0n) is 11.7. The van der Waals surface area contributed by atoms with E-state index < -0.39 is 0 Å². The van der Waals surface area contributed by atoms with Gasteiger partial charge in [-0.2, -0.15) is 0 Å². The first kappa shape index (κ1) is 14.6. The molecule has 0 amide bonds. The number of benzene rings is 2. The van der Waals surface area contributed by atoms with Crippen molar-refractivity contribution in [3.63, 3.8) is 0 Å². The van der Waals surface area contributed by atoms with Gasteiger partial charge in [-0.15, -0.1) is 0 Å². The number of aromatic hydroxyl groups is 2. The molecule has 0 aliphatic rings. The number of carbonyl (C=O) groups is 1. The van der Waals surface area contributed by atoms with Gasteiger partial charge in [0.25, 0.3) is 0 Å².